The van der Waals surface area contributed by atoms with Crippen molar-refractivity contribution in [2.45, 2.75) is 45.1 Å². The second-order valence-corrected chi connectivity index (χ2v) is 8.85. The molecular formula is C24H27N5O. The normalized spacial score (nSPS) is 22.8. The second kappa shape index (κ2) is 7.67. The van der Waals surface area contributed by atoms with Crippen molar-refractivity contribution in [2.24, 2.45) is 11.8 Å². The number of fused-ring (bicyclic) bond motifs is 2. The van der Waals surface area contributed by atoms with E-state index in [1.165, 1.54) is 32.1 Å². The molecule has 5 rings (SSSR count). The highest BCUT2D eigenvalue weighted by Gasteiger charge is 2.36. The van der Waals surface area contributed by atoms with Crippen molar-refractivity contribution in [1.82, 2.24) is 20.4 Å². The van der Waals surface area contributed by atoms with Gasteiger partial charge in [0.05, 0.1) is 17.1 Å². The lowest BCUT2D eigenvalue weighted by Crippen LogP contribution is -2.37. The van der Waals surface area contributed by atoms with E-state index in [0.29, 0.717) is 17.3 Å². The Kier molecular flexibility index (Phi) is 4.85. The highest BCUT2D eigenvalue weighted by molar-refractivity contribution is 5.73. The molecule has 0 radical (unpaired) electrons. The number of hydrogen-bond donors (Lipinski definition) is 1. The molecule has 30 heavy (non-hydrogen) atoms. The number of phenols is 1. The van der Waals surface area contributed by atoms with Crippen LogP contribution in [0, 0.1) is 18.8 Å². The van der Waals surface area contributed by atoms with Gasteiger partial charge in [0.15, 0.2) is 5.82 Å². The maximum absolute atomic E-state index is 10.6. The third-order valence-electron chi connectivity index (χ3n) is 6.79. The van der Waals surface area contributed by atoms with Gasteiger partial charge in [-0.2, -0.15) is 10.2 Å². The first-order chi connectivity index (χ1) is 14.6. The van der Waals surface area contributed by atoms with Crippen molar-refractivity contribution < 1.29 is 5.11 Å². The highest BCUT2D eigenvalue weighted by atomic mass is 16.3. The van der Waals surface area contributed by atoms with Gasteiger partial charge in [-0.1, -0.05) is 18.9 Å². The van der Waals surface area contributed by atoms with E-state index in [-0.39, 0.29) is 5.75 Å². The summed E-state index contributed by atoms with van der Waals surface area (Å²) in [6.07, 6.45) is 6.73. The molecule has 2 bridgehead atoms. The number of anilines is 1. The van der Waals surface area contributed by atoms with E-state index in [1.54, 1.807) is 6.07 Å². The van der Waals surface area contributed by atoms with Gasteiger partial charge in [0.2, 0.25) is 0 Å². The molecule has 1 N–H and O–H groups in total. The standard InChI is InChI=1S/C24H27N5O/c1-15-3-8-21(26-25-15)18-6-7-20(23(30)14-18)22-9-10-24(28-27-22)29(2)19-12-16-4-5-17(11-16)13-19/h3,6-10,14,16-17,19,30H,4-5,11-13H2,1-2H3/t16-,17+,19+. The molecule has 2 saturated carbocycles. The minimum Gasteiger partial charge on any atom is -0.507 e. The molecule has 2 heterocycles. The van der Waals surface area contributed by atoms with Crippen molar-refractivity contribution in [1.29, 1.82) is 0 Å². The van der Waals surface area contributed by atoms with Gasteiger partial charge in [-0.25, -0.2) is 0 Å². The van der Waals surface area contributed by atoms with E-state index >= 15 is 0 Å². The minimum absolute atomic E-state index is 0.161. The number of aryl methyl sites for hydroxylation is 1. The summed E-state index contributed by atoms with van der Waals surface area (Å²) in [7, 11) is 2.13. The lowest BCUT2D eigenvalue weighted by Gasteiger charge is -2.35. The van der Waals surface area contributed by atoms with E-state index < -0.39 is 0 Å². The molecule has 0 unspecified atom stereocenters. The number of hydrogen-bond acceptors (Lipinski definition) is 6. The summed E-state index contributed by atoms with van der Waals surface area (Å²) in [4.78, 5) is 2.29. The number of rotatable bonds is 4. The Labute approximate surface area is 177 Å². The number of nitrogens with zero attached hydrogens (tertiary/aromatic N) is 5. The molecule has 3 aromatic rings. The van der Waals surface area contributed by atoms with Crippen LogP contribution in [0.3, 0.4) is 0 Å². The third kappa shape index (κ3) is 3.62. The molecule has 2 aliphatic carbocycles. The average Bonchev–Trinajstić information content (AvgIpc) is 3.11. The van der Waals surface area contributed by atoms with Crippen LogP contribution in [0.4, 0.5) is 5.82 Å². The topological polar surface area (TPSA) is 75.0 Å². The first kappa shape index (κ1) is 19.0. The van der Waals surface area contributed by atoms with Gasteiger partial charge in [-0.3, -0.25) is 0 Å². The van der Waals surface area contributed by atoms with Gasteiger partial charge < -0.3 is 10.0 Å². The maximum atomic E-state index is 10.6. The molecule has 0 spiro atoms. The molecule has 0 amide bonds. The van der Waals surface area contributed by atoms with Crippen molar-refractivity contribution in [3.63, 3.8) is 0 Å². The number of aromatic nitrogens is 4. The number of aromatic hydroxyl groups is 1. The van der Waals surface area contributed by atoms with Gasteiger partial charge in [0.1, 0.15) is 5.75 Å². The number of phenolic OH excluding ortho intramolecular Hbond substituents is 1. The molecular weight excluding hydrogens is 374 g/mol. The lowest BCUT2D eigenvalue weighted by molar-refractivity contribution is 0.312. The van der Waals surface area contributed by atoms with Crippen molar-refractivity contribution in [3.8, 4) is 28.3 Å². The summed E-state index contributed by atoms with van der Waals surface area (Å²) in [6, 6.07) is 13.8. The molecule has 0 aliphatic heterocycles. The van der Waals surface area contributed by atoms with Gasteiger partial charge >= 0.3 is 0 Å². The van der Waals surface area contributed by atoms with E-state index in [4.69, 9.17) is 0 Å². The molecule has 2 fully saturated rings. The first-order valence-corrected chi connectivity index (χ1v) is 10.8. The SMILES string of the molecule is Cc1ccc(-c2ccc(-c3ccc(N(C)[C@H]4C[C@@H]5CC[C@@H](C5)C4)nn3)c(O)c2)nn1. The maximum Gasteiger partial charge on any atom is 0.151 e. The Morgan fingerprint density at radius 2 is 1.57 bits per heavy atom. The van der Waals surface area contributed by atoms with E-state index in [1.807, 2.05) is 43.3 Å². The van der Waals surface area contributed by atoms with E-state index in [0.717, 1.165) is 34.6 Å². The zero-order chi connectivity index (χ0) is 20.7. The quantitative estimate of drug-likeness (QED) is 0.687. The van der Waals surface area contributed by atoms with Gasteiger partial charge in [-0.15, -0.1) is 10.2 Å². The Balaban J connectivity index is 1.34. The minimum atomic E-state index is 0.161. The van der Waals surface area contributed by atoms with Crippen LogP contribution in [0.25, 0.3) is 22.5 Å². The smallest absolute Gasteiger partial charge is 0.151 e. The Morgan fingerprint density at radius 3 is 2.20 bits per heavy atom. The van der Waals surface area contributed by atoms with E-state index in [2.05, 4.69) is 32.3 Å². The van der Waals surface area contributed by atoms with Crippen LogP contribution in [-0.2, 0) is 0 Å². The van der Waals surface area contributed by atoms with Gasteiger partial charge in [0.25, 0.3) is 0 Å². The zero-order valence-electron chi connectivity index (χ0n) is 17.5. The summed E-state index contributed by atoms with van der Waals surface area (Å²) in [5.74, 6) is 2.83. The predicted octanol–water partition coefficient (Wildman–Crippen LogP) is 4.63. The Hall–Kier alpha value is -3.02. The fraction of sp³-hybridized carbons (Fsp3) is 0.417. The van der Waals surface area contributed by atoms with Gasteiger partial charge in [-0.05, 0) is 74.4 Å². The molecule has 6 nitrogen and oxygen atoms in total. The van der Waals surface area contributed by atoms with E-state index in [9.17, 15) is 5.11 Å². The Bertz CT molecular complexity index is 1020. The molecule has 0 saturated heterocycles. The number of benzene rings is 1. The van der Waals surface area contributed by atoms with Crippen LogP contribution in [-0.4, -0.2) is 38.6 Å². The second-order valence-electron chi connectivity index (χ2n) is 8.85. The van der Waals surface area contributed by atoms with Crippen molar-refractivity contribution in [3.05, 3.63) is 48.2 Å². The molecule has 2 aromatic heterocycles. The van der Waals surface area contributed by atoms with Crippen LogP contribution < -0.4 is 4.90 Å². The highest BCUT2D eigenvalue weighted by Crippen LogP contribution is 2.43. The third-order valence-corrected chi connectivity index (χ3v) is 6.79. The molecule has 2 aliphatic rings. The van der Waals surface area contributed by atoms with Crippen molar-refractivity contribution >= 4 is 5.82 Å². The van der Waals surface area contributed by atoms with Crippen LogP contribution >= 0.6 is 0 Å². The largest absolute Gasteiger partial charge is 0.507 e. The van der Waals surface area contributed by atoms with Crippen LogP contribution in [0.1, 0.15) is 37.8 Å². The molecule has 6 heteroatoms. The van der Waals surface area contributed by atoms with Crippen molar-refractivity contribution in [2.75, 3.05) is 11.9 Å². The summed E-state index contributed by atoms with van der Waals surface area (Å²) in [6.45, 7) is 1.90. The van der Waals surface area contributed by atoms with Crippen LogP contribution in [0.15, 0.2) is 42.5 Å². The molecule has 154 valence electrons. The summed E-state index contributed by atoms with van der Waals surface area (Å²) < 4.78 is 0. The first-order valence-electron chi connectivity index (χ1n) is 10.8. The molecule has 3 atom stereocenters. The van der Waals surface area contributed by atoms with Gasteiger partial charge in [0, 0.05) is 24.2 Å². The predicted molar refractivity (Wildman–Crippen MR) is 117 cm³/mol. The zero-order valence-corrected chi connectivity index (χ0v) is 17.5. The fourth-order valence-electron chi connectivity index (χ4n) is 5.09. The summed E-state index contributed by atoms with van der Waals surface area (Å²) in [5, 5.41) is 27.7. The lowest BCUT2D eigenvalue weighted by atomic mass is 9.85. The van der Waals surface area contributed by atoms with Crippen LogP contribution in [0.2, 0.25) is 0 Å². The monoisotopic (exact) mass is 401 g/mol. The summed E-state index contributed by atoms with van der Waals surface area (Å²) in [5.41, 5.74) is 3.74. The molecule has 1 aromatic carbocycles. The Morgan fingerprint density at radius 1 is 0.833 bits per heavy atom. The summed E-state index contributed by atoms with van der Waals surface area (Å²) >= 11 is 0. The average molecular weight is 402 g/mol. The van der Waals surface area contributed by atoms with Crippen LogP contribution in [0.5, 0.6) is 5.75 Å². The fourth-order valence-corrected chi connectivity index (χ4v) is 5.09.